The standard InChI is InChI=1S/C14H11Cl2FN2O2/c15-10-4-2-9(6-12(10)17)21-7-14(20)19-8-1-3-11(16)13(18)5-8/h1-6H,7,18H2,(H,19,20). The Hall–Kier alpha value is -1.98. The van der Waals surface area contributed by atoms with Gasteiger partial charge in [-0.2, -0.15) is 0 Å². The predicted molar refractivity (Wildman–Crippen MR) is 81.4 cm³/mol. The monoisotopic (exact) mass is 328 g/mol. The van der Waals surface area contributed by atoms with Crippen molar-refractivity contribution in [2.24, 2.45) is 0 Å². The SMILES string of the molecule is Nc1cc(NC(=O)COc2ccc(Cl)c(F)c2)ccc1Cl. The number of hydrogen-bond acceptors (Lipinski definition) is 3. The minimum absolute atomic E-state index is 0.0107. The molecule has 0 aliphatic rings. The summed E-state index contributed by atoms with van der Waals surface area (Å²) in [5, 5.41) is 2.98. The lowest BCUT2D eigenvalue weighted by Gasteiger charge is -2.09. The van der Waals surface area contributed by atoms with Gasteiger partial charge in [-0.25, -0.2) is 4.39 Å². The first-order chi connectivity index (χ1) is 9.95. The maximum absolute atomic E-state index is 13.2. The molecule has 21 heavy (non-hydrogen) atoms. The number of carbonyl (C=O) groups excluding carboxylic acids is 1. The van der Waals surface area contributed by atoms with Crippen LogP contribution in [0.4, 0.5) is 15.8 Å². The van der Waals surface area contributed by atoms with E-state index in [-0.39, 0.29) is 17.4 Å². The average molecular weight is 329 g/mol. The number of anilines is 2. The van der Waals surface area contributed by atoms with Crippen LogP contribution < -0.4 is 15.8 Å². The average Bonchev–Trinajstić information content (AvgIpc) is 2.44. The van der Waals surface area contributed by atoms with Crippen molar-refractivity contribution in [2.45, 2.75) is 0 Å². The van der Waals surface area contributed by atoms with Crippen LogP contribution in [0.1, 0.15) is 0 Å². The van der Waals surface area contributed by atoms with Gasteiger partial charge in [0.2, 0.25) is 0 Å². The summed E-state index contributed by atoms with van der Waals surface area (Å²) in [5.74, 6) is -0.810. The Morgan fingerprint density at radius 1 is 1.19 bits per heavy atom. The van der Waals surface area contributed by atoms with E-state index in [2.05, 4.69) is 5.32 Å². The van der Waals surface area contributed by atoms with Crippen molar-refractivity contribution in [2.75, 3.05) is 17.7 Å². The maximum atomic E-state index is 13.2. The zero-order chi connectivity index (χ0) is 15.4. The summed E-state index contributed by atoms with van der Waals surface area (Å²) in [5.41, 5.74) is 6.47. The van der Waals surface area contributed by atoms with Crippen molar-refractivity contribution in [1.29, 1.82) is 0 Å². The van der Waals surface area contributed by atoms with Crippen molar-refractivity contribution in [3.05, 3.63) is 52.3 Å². The summed E-state index contributed by atoms with van der Waals surface area (Å²) < 4.78 is 18.4. The van der Waals surface area contributed by atoms with Crippen LogP contribution in [-0.4, -0.2) is 12.5 Å². The summed E-state index contributed by atoms with van der Waals surface area (Å²) in [4.78, 5) is 11.7. The van der Waals surface area contributed by atoms with E-state index in [0.29, 0.717) is 16.4 Å². The van der Waals surface area contributed by atoms with Crippen LogP contribution in [-0.2, 0) is 4.79 Å². The summed E-state index contributed by atoms with van der Waals surface area (Å²) in [6.07, 6.45) is 0. The molecule has 0 aromatic heterocycles. The number of ether oxygens (including phenoxy) is 1. The molecule has 3 N–H and O–H groups in total. The second-order valence-corrected chi connectivity index (χ2v) is 4.96. The van der Waals surface area contributed by atoms with E-state index in [1.54, 1.807) is 12.1 Å². The van der Waals surface area contributed by atoms with E-state index in [4.69, 9.17) is 33.7 Å². The largest absolute Gasteiger partial charge is 0.484 e. The highest BCUT2D eigenvalue weighted by atomic mass is 35.5. The van der Waals surface area contributed by atoms with Crippen LogP contribution in [0.15, 0.2) is 36.4 Å². The summed E-state index contributed by atoms with van der Waals surface area (Å²) in [7, 11) is 0. The third-order valence-corrected chi connectivity index (χ3v) is 3.19. The maximum Gasteiger partial charge on any atom is 0.262 e. The summed E-state index contributed by atoms with van der Waals surface area (Å²) in [6.45, 7) is -0.274. The van der Waals surface area contributed by atoms with Gasteiger partial charge in [0.05, 0.1) is 15.7 Å². The highest BCUT2D eigenvalue weighted by Gasteiger charge is 2.07. The first-order valence-electron chi connectivity index (χ1n) is 5.88. The lowest BCUT2D eigenvalue weighted by molar-refractivity contribution is -0.118. The molecule has 1 amide bonds. The van der Waals surface area contributed by atoms with E-state index >= 15 is 0 Å². The smallest absolute Gasteiger partial charge is 0.262 e. The Morgan fingerprint density at radius 3 is 2.57 bits per heavy atom. The van der Waals surface area contributed by atoms with Gasteiger partial charge in [-0.05, 0) is 30.3 Å². The molecule has 0 atom stereocenters. The van der Waals surface area contributed by atoms with Gasteiger partial charge in [-0.1, -0.05) is 23.2 Å². The third kappa shape index (κ3) is 4.24. The summed E-state index contributed by atoms with van der Waals surface area (Å²) >= 11 is 11.3. The third-order valence-electron chi connectivity index (χ3n) is 2.54. The normalized spacial score (nSPS) is 10.2. The minimum atomic E-state index is -0.611. The number of halogens is 3. The van der Waals surface area contributed by atoms with Crippen molar-refractivity contribution < 1.29 is 13.9 Å². The Bertz CT molecular complexity index is 680. The molecule has 0 saturated carbocycles. The van der Waals surface area contributed by atoms with Gasteiger partial charge in [0.25, 0.3) is 5.91 Å². The van der Waals surface area contributed by atoms with Gasteiger partial charge >= 0.3 is 0 Å². The molecule has 110 valence electrons. The highest BCUT2D eigenvalue weighted by Crippen LogP contribution is 2.23. The minimum Gasteiger partial charge on any atom is -0.484 e. The van der Waals surface area contributed by atoms with E-state index in [1.807, 2.05) is 0 Å². The quantitative estimate of drug-likeness (QED) is 0.840. The lowest BCUT2D eigenvalue weighted by atomic mass is 10.3. The molecule has 2 rings (SSSR count). The number of nitrogens with one attached hydrogen (secondary N) is 1. The van der Waals surface area contributed by atoms with Gasteiger partial charge in [0, 0.05) is 11.8 Å². The summed E-state index contributed by atoms with van der Waals surface area (Å²) in [6, 6.07) is 8.64. The van der Waals surface area contributed by atoms with Crippen LogP contribution >= 0.6 is 23.2 Å². The molecule has 0 bridgehead atoms. The molecule has 0 radical (unpaired) electrons. The lowest BCUT2D eigenvalue weighted by Crippen LogP contribution is -2.20. The number of carbonyl (C=O) groups is 1. The molecular formula is C14H11Cl2FN2O2. The Labute approximate surface area is 130 Å². The first-order valence-corrected chi connectivity index (χ1v) is 6.64. The number of nitrogen functional groups attached to an aromatic ring is 1. The van der Waals surface area contributed by atoms with Crippen LogP contribution in [0.25, 0.3) is 0 Å². The van der Waals surface area contributed by atoms with Gasteiger partial charge in [-0.15, -0.1) is 0 Å². The topological polar surface area (TPSA) is 64.3 Å². The van der Waals surface area contributed by atoms with Crippen LogP contribution in [0.3, 0.4) is 0 Å². The molecule has 0 aliphatic carbocycles. The molecule has 0 spiro atoms. The van der Waals surface area contributed by atoms with Crippen LogP contribution in [0.2, 0.25) is 10.0 Å². The molecule has 7 heteroatoms. The number of nitrogens with two attached hydrogens (primary N) is 1. The fraction of sp³-hybridized carbons (Fsp3) is 0.0714. The zero-order valence-electron chi connectivity index (χ0n) is 10.7. The van der Waals surface area contributed by atoms with Crippen molar-refractivity contribution in [1.82, 2.24) is 0 Å². The molecule has 0 aliphatic heterocycles. The predicted octanol–water partition coefficient (Wildman–Crippen LogP) is 3.73. The van der Waals surface area contributed by atoms with Crippen molar-refractivity contribution in [3.8, 4) is 5.75 Å². The number of hydrogen-bond donors (Lipinski definition) is 2. The molecular weight excluding hydrogens is 318 g/mol. The molecule has 2 aromatic rings. The molecule has 4 nitrogen and oxygen atoms in total. The second kappa shape index (κ2) is 6.65. The van der Waals surface area contributed by atoms with E-state index in [0.717, 1.165) is 6.07 Å². The molecule has 0 fully saturated rings. The number of rotatable bonds is 4. The van der Waals surface area contributed by atoms with E-state index < -0.39 is 11.7 Å². The van der Waals surface area contributed by atoms with Crippen molar-refractivity contribution in [3.63, 3.8) is 0 Å². The first kappa shape index (κ1) is 15.4. The van der Waals surface area contributed by atoms with E-state index in [1.165, 1.54) is 18.2 Å². The van der Waals surface area contributed by atoms with Crippen molar-refractivity contribution >= 4 is 40.5 Å². The van der Waals surface area contributed by atoms with Crippen LogP contribution in [0.5, 0.6) is 5.75 Å². The van der Waals surface area contributed by atoms with Gasteiger partial charge in [0.15, 0.2) is 6.61 Å². The van der Waals surface area contributed by atoms with Gasteiger partial charge in [-0.3, -0.25) is 4.79 Å². The number of benzene rings is 2. The molecule has 0 heterocycles. The number of amides is 1. The van der Waals surface area contributed by atoms with Gasteiger partial charge in [0.1, 0.15) is 11.6 Å². The van der Waals surface area contributed by atoms with Crippen LogP contribution in [0, 0.1) is 5.82 Å². The second-order valence-electron chi connectivity index (χ2n) is 4.15. The fourth-order valence-electron chi connectivity index (χ4n) is 1.53. The van der Waals surface area contributed by atoms with E-state index in [9.17, 15) is 9.18 Å². The Kier molecular flexibility index (Phi) is 4.88. The molecule has 0 unspecified atom stereocenters. The molecule has 0 saturated heterocycles. The zero-order valence-corrected chi connectivity index (χ0v) is 12.2. The van der Waals surface area contributed by atoms with Gasteiger partial charge < -0.3 is 15.8 Å². The Morgan fingerprint density at radius 2 is 1.90 bits per heavy atom. The fourth-order valence-corrected chi connectivity index (χ4v) is 1.77. The Balaban J connectivity index is 1.92. The highest BCUT2D eigenvalue weighted by molar-refractivity contribution is 6.33. The molecule has 2 aromatic carbocycles.